The lowest BCUT2D eigenvalue weighted by molar-refractivity contribution is -0.911. The van der Waals surface area contributed by atoms with Gasteiger partial charge in [0.25, 0.3) is 5.91 Å². The quantitative estimate of drug-likeness (QED) is 0.407. The zero-order chi connectivity index (χ0) is 19.1. The van der Waals surface area contributed by atoms with Crippen LogP contribution in [0.5, 0.6) is 0 Å². The molecule has 1 aromatic rings. The van der Waals surface area contributed by atoms with Crippen LogP contribution in [-0.2, 0) is 25.5 Å². The third kappa shape index (κ3) is 4.69. The van der Waals surface area contributed by atoms with Gasteiger partial charge >= 0.3 is 5.97 Å². The zero-order valence-electron chi connectivity index (χ0n) is 15.9. The number of imide groups is 1. The van der Waals surface area contributed by atoms with E-state index in [1.807, 2.05) is 20.8 Å². The molecule has 1 aliphatic heterocycles. The van der Waals surface area contributed by atoms with Crippen LogP contribution in [0.25, 0.3) is 0 Å². The first kappa shape index (κ1) is 20.1. The molecular weight excluding hydrogens is 332 g/mol. The number of benzene rings is 1. The summed E-state index contributed by atoms with van der Waals surface area (Å²) < 4.78 is 5.16. The molecule has 142 valence electrons. The Labute approximate surface area is 155 Å². The monoisotopic (exact) mass is 361 g/mol. The van der Waals surface area contributed by atoms with Gasteiger partial charge in [0.2, 0.25) is 5.91 Å². The highest BCUT2D eigenvalue weighted by molar-refractivity contribution is 6.21. The van der Waals surface area contributed by atoms with Crippen molar-refractivity contribution >= 4 is 23.5 Å². The zero-order valence-corrected chi connectivity index (χ0v) is 15.9. The van der Waals surface area contributed by atoms with Crippen molar-refractivity contribution in [3.63, 3.8) is 0 Å². The second kappa shape index (κ2) is 9.48. The summed E-state index contributed by atoms with van der Waals surface area (Å²) in [7, 11) is 0. The molecule has 0 saturated carbocycles. The molecule has 1 fully saturated rings. The van der Waals surface area contributed by atoms with Gasteiger partial charge in [-0.3, -0.25) is 14.4 Å². The van der Waals surface area contributed by atoms with E-state index in [1.54, 1.807) is 24.3 Å². The molecule has 1 aromatic carbocycles. The van der Waals surface area contributed by atoms with Crippen molar-refractivity contribution < 1.29 is 24.0 Å². The molecule has 0 radical (unpaired) electrons. The molecule has 2 rings (SSSR count). The average Bonchev–Trinajstić information content (AvgIpc) is 2.92. The number of hydrogen-bond acceptors (Lipinski definition) is 4. The minimum atomic E-state index is -0.300. The molecule has 0 bridgehead atoms. The van der Waals surface area contributed by atoms with Crippen molar-refractivity contribution in [3.05, 3.63) is 29.8 Å². The molecule has 0 spiro atoms. The molecule has 1 heterocycles. The minimum absolute atomic E-state index is 0.138. The third-order valence-electron chi connectivity index (χ3n) is 4.85. The van der Waals surface area contributed by atoms with E-state index in [0.717, 1.165) is 36.4 Å². The number of nitrogens with one attached hydrogen (secondary N) is 1. The topological polar surface area (TPSA) is 68.1 Å². The predicted octanol–water partition coefficient (Wildman–Crippen LogP) is 1.13. The molecule has 1 saturated heterocycles. The van der Waals surface area contributed by atoms with Gasteiger partial charge in [0.1, 0.15) is 0 Å². The Balaban J connectivity index is 2.02. The summed E-state index contributed by atoms with van der Waals surface area (Å²) >= 11 is 0. The lowest BCUT2D eigenvalue weighted by atomic mass is 10.1. The van der Waals surface area contributed by atoms with Crippen LogP contribution in [0.15, 0.2) is 24.3 Å². The second-order valence-electron chi connectivity index (χ2n) is 6.61. The third-order valence-corrected chi connectivity index (χ3v) is 4.85. The molecule has 6 nitrogen and oxygen atoms in total. The van der Waals surface area contributed by atoms with Crippen LogP contribution < -0.4 is 9.80 Å². The summed E-state index contributed by atoms with van der Waals surface area (Å²) in [5.74, 6) is -0.559. The number of esters is 1. The standard InChI is InChI=1S/C20H28N2O4/c1-4-7-12-26-19(24)13-15-8-10-16(11-9-15)22-18(23)14-17(20(22)25)21(5-2)6-3/h8-11,17H,4-7,12-14H2,1-3H3/p+1/t17-/m0/s1. The molecule has 26 heavy (non-hydrogen) atoms. The summed E-state index contributed by atoms with van der Waals surface area (Å²) in [6.45, 7) is 8.15. The van der Waals surface area contributed by atoms with Crippen molar-refractivity contribution in [1.29, 1.82) is 0 Å². The van der Waals surface area contributed by atoms with E-state index in [2.05, 4.69) is 0 Å². The number of hydrogen-bond donors (Lipinski definition) is 1. The summed E-state index contributed by atoms with van der Waals surface area (Å²) in [6.07, 6.45) is 2.29. The van der Waals surface area contributed by atoms with Crippen molar-refractivity contribution in [2.24, 2.45) is 0 Å². The van der Waals surface area contributed by atoms with Gasteiger partial charge < -0.3 is 9.64 Å². The summed E-state index contributed by atoms with van der Waals surface area (Å²) in [5.41, 5.74) is 1.37. The summed E-state index contributed by atoms with van der Waals surface area (Å²) in [4.78, 5) is 39.2. The number of carbonyl (C=O) groups excluding carboxylic acids is 3. The highest BCUT2D eigenvalue weighted by atomic mass is 16.5. The van der Waals surface area contributed by atoms with Gasteiger partial charge in [-0.25, -0.2) is 4.90 Å². The number of likely N-dealkylation sites (N-methyl/N-ethyl adjacent to an activating group) is 1. The highest BCUT2D eigenvalue weighted by Crippen LogP contribution is 2.22. The fourth-order valence-electron chi connectivity index (χ4n) is 3.28. The molecule has 1 N–H and O–H groups in total. The van der Waals surface area contributed by atoms with E-state index >= 15 is 0 Å². The number of amides is 2. The number of nitrogens with zero attached hydrogens (tertiary/aromatic N) is 1. The maximum atomic E-state index is 12.7. The smallest absolute Gasteiger partial charge is 0.310 e. The van der Waals surface area contributed by atoms with Gasteiger partial charge in [-0.1, -0.05) is 25.5 Å². The Hall–Kier alpha value is -2.21. The first-order chi connectivity index (χ1) is 12.5. The Kier molecular flexibility index (Phi) is 7.33. The Morgan fingerprint density at radius 2 is 1.81 bits per heavy atom. The maximum Gasteiger partial charge on any atom is 0.310 e. The molecule has 6 heteroatoms. The largest absolute Gasteiger partial charge is 0.465 e. The number of rotatable bonds is 9. The molecule has 0 unspecified atom stereocenters. The lowest BCUT2D eigenvalue weighted by Crippen LogP contribution is -3.16. The molecular formula is C20H29N2O4+. The van der Waals surface area contributed by atoms with Crippen LogP contribution >= 0.6 is 0 Å². The first-order valence-corrected chi connectivity index (χ1v) is 9.47. The van der Waals surface area contributed by atoms with Crippen molar-refractivity contribution in [3.8, 4) is 0 Å². The Morgan fingerprint density at radius 3 is 2.38 bits per heavy atom. The number of anilines is 1. The van der Waals surface area contributed by atoms with E-state index < -0.39 is 0 Å². The van der Waals surface area contributed by atoms with Gasteiger partial charge in [0.05, 0.1) is 38.2 Å². The van der Waals surface area contributed by atoms with Crippen LogP contribution in [0.3, 0.4) is 0 Å². The molecule has 2 amide bonds. The average molecular weight is 361 g/mol. The number of ether oxygens (including phenoxy) is 1. The van der Waals surface area contributed by atoms with E-state index in [9.17, 15) is 14.4 Å². The van der Waals surface area contributed by atoms with Gasteiger partial charge in [-0.05, 0) is 38.0 Å². The molecule has 0 aliphatic carbocycles. The van der Waals surface area contributed by atoms with E-state index in [-0.39, 0.29) is 36.7 Å². The van der Waals surface area contributed by atoms with E-state index in [4.69, 9.17) is 4.74 Å². The van der Waals surface area contributed by atoms with Crippen molar-refractivity contribution in [2.45, 2.75) is 52.5 Å². The van der Waals surface area contributed by atoms with E-state index in [0.29, 0.717) is 12.3 Å². The van der Waals surface area contributed by atoms with Crippen LogP contribution in [0.4, 0.5) is 5.69 Å². The molecule has 1 aliphatic rings. The van der Waals surface area contributed by atoms with E-state index in [1.165, 1.54) is 4.90 Å². The number of carbonyl (C=O) groups is 3. The van der Waals surface area contributed by atoms with Crippen LogP contribution in [0.2, 0.25) is 0 Å². The molecule has 1 atom stereocenters. The Morgan fingerprint density at radius 1 is 1.15 bits per heavy atom. The number of unbranched alkanes of at least 4 members (excludes halogenated alkanes) is 1. The van der Waals surface area contributed by atoms with Gasteiger partial charge in [-0.2, -0.15) is 0 Å². The van der Waals surface area contributed by atoms with Gasteiger partial charge in [-0.15, -0.1) is 0 Å². The number of quaternary nitrogens is 1. The van der Waals surface area contributed by atoms with Crippen LogP contribution in [0, 0.1) is 0 Å². The summed E-state index contributed by atoms with van der Waals surface area (Å²) in [6, 6.07) is 6.70. The fourth-order valence-corrected chi connectivity index (χ4v) is 3.28. The fraction of sp³-hybridized carbons (Fsp3) is 0.550. The van der Waals surface area contributed by atoms with Crippen molar-refractivity contribution in [1.82, 2.24) is 0 Å². The van der Waals surface area contributed by atoms with Gasteiger partial charge in [0, 0.05) is 0 Å². The molecule has 0 aromatic heterocycles. The highest BCUT2D eigenvalue weighted by Gasteiger charge is 2.44. The lowest BCUT2D eigenvalue weighted by Gasteiger charge is -2.21. The summed E-state index contributed by atoms with van der Waals surface area (Å²) in [5, 5.41) is 0. The SMILES string of the molecule is CCCCOC(=O)Cc1ccc(N2C(=O)C[C@H]([NH+](CC)CC)C2=O)cc1. The van der Waals surface area contributed by atoms with Crippen molar-refractivity contribution in [2.75, 3.05) is 24.6 Å². The minimum Gasteiger partial charge on any atom is -0.465 e. The normalized spacial score (nSPS) is 17.2. The van der Waals surface area contributed by atoms with Crippen LogP contribution in [-0.4, -0.2) is 43.5 Å². The maximum absolute atomic E-state index is 12.7. The second-order valence-corrected chi connectivity index (χ2v) is 6.61. The first-order valence-electron chi connectivity index (χ1n) is 9.47. The van der Waals surface area contributed by atoms with Crippen LogP contribution in [0.1, 0.15) is 45.6 Å². The predicted molar refractivity (Wildman–Crippen MR) is 99.0 cm³/mol. The Bertz CT molecular complexity index is 638. The van der Waals surface area contributed by atoms with Gasteiger partial charge in [0.15, 0.2) is 6.04 Å².